The molecule has 0 saturated carbocycles. The van der Waals surface area contributed by atoms with E-state index in [0.717, 1.165) is 57.1 Å². The maximum absolute atomic E-state index is 12.1. The first-order valence-corrected chi connectivity index (χ1v) is 12.3. The van der Waals surface area contributed by atoms with Gasteiger partial charge in [-0.2, -0.15) is 4.37 Å². The van der Waals surface area contributed by atoms with Crippen LogP contribution in [0.2, 0.25) is 0 Å². The lowest BCUT2D eigenvalue weighted by atomic mass is 9.94. The number of fused-ring (bicyclic) bond motifs is 3. The highest BCUT2D eigenvalue weighted by atomic mass is 32.1. The first kappa shape index (κ1) is 20.1. The molecule has 2 aromatic carbocycles. The standard InChI is InChI=1S/C25H28N4O2S/c1-16-13-21-19(15-22-25(31-22)29(21)17(2)30)14-18(16)7-8-27-9-11-28(12-10-27)24-20-5-3-4-6-23(20)32-26-24/h3-6,13-14,22,25H,7-12,15H2,1-2H3. The number of hydrogen-bond donors (Lipinski definition) is 0. The summed E-state index contributed by atoms with van der Waals surface area (Å²) in [7, 11) is 0. The van der Waals surface area contributed by atoms with Crippen molar-refractivity contribution < 1.29 is 9.53 Å². The van der Waals surface area contributed by atoms with E-state index in [4.69, 9.17) is 9.11 Å². The normalized spacial score (nSPS) is 22.7. The second-order valence-corrected chi connectivity index (χ2v) is 9.95. The minimum absolute atomic E-state index is 0.0450. The number of carbonyl (C=O) groups excluding carboxylic acids is 1. The average molecular weight is 449 g/mol. The molecule has 3 aliphatic rings. The molecule has 3 aliphatic heterocycles. The van der Waals surface area contributed by atoms with Crippen molar-refractivity contribution in [2.75, 3.05) is 42.5 Å². The van der Waals surface area contributed by atoms with E-state index in [1.165, 1.54) is 26.8 Å². The Bertz CT molecular complexity index is 1180. The molecule has 0 spiro atoms. The second-order valence-electron chi connectivity index (χ2n) is 9.15. The van der Waals surface area contributed by atoms with Gasteiger partial charge in [-0.3, -0.25) is 14.6 Å². The summed E-state index contributed by atoms with van der Waals surface area (Å²) in [5, 5.41) is 1.28. The molecule has 6 rings (SSSR count). The van der Waals surface area contributed by atoms with Crippen molar-refractivity contribution in [1.29, 1.82) is 0 Å². The Hall–Kier alpha value is -2.48. The van der Waals surface area contributed by atoms with Gasteiger partial charge >= 0.3 is 0 Å². The molecule has 3 aromatic rings. The van der Waals surface area contributed by atoms with Crippen molar-refractivity contribution in [2.24, 2.45) is 0 Å². The molecule has 0 bridgehead atoms. The fourth-order valence-electron chi connectivity index (χ4n) is 5.22. The van der Waals surface area contributed by atoms with Gasteiger partial charge in [0.15, 0.2) is 6.23 Å². The van der Waals surface area contributed by atoms with Gasteiger partial charge in [-0.25, -0.2) is 0 Å². The topological polar surface area (TPSA) is 52.2 Å². The molecule has 166 valence electrons. The van der Waals surface area contributed by atoms with Crippen molar-refractivity contribution in [3.8, 4) is 0 Å². The average Bonchev–Trinajstić information content (AvgIpc) is 3.43. The van der Waals surface area contributed by atoms with Gasteiger partial charge in [0.25, 0.3) is 0 Å². The number of epoxide rings is 1. The highest BCUT2D eigenvalue weighted by Gasteiger charge is 2.49. The lowest BCUT2D eigenvalue weighted by Gasteiger charge is -2.35. The fraction of sp³-hybridized carbons (Fsp3) is 0.440. The van der Waals surface area contributed by atoms with Crippen LogP contribution in [0.3, 0.4) is 0 Å². The molecule has 1 amide bonds. The van der Waals surface area contributed by atoms with Crippen molar-refractivity contribution in [2.45, 2.75) is 39.0 Å². The summed E-state index contributed by atoms with van der Waals surface area (Å²) in [4.78, 5) is 19.0. The molecule has 6 nitrogen and oxygen atoms in total. The van der Waals surface area contributed by atoms with Crippen LogP contribution in [0.15, 0.2) is 36.4 Å². The summed E-state index contributed by atoms with van der Waals surface area (Å²) in [5.41, 5.74) is 4.95. The van der Waals surface area contributed by atoms with Crippen LogP contribution in [0.4, 0.5) is 11.5 Å². The highest BCUT2D eigenvalue weighted by molar-refractivity contribution is 7.13. The number of amides is 1. The third-order valence-corrected chi connectivity index (χ3v) is 7.91. The molecule has 2 fully saturated rings. The van der Waals surface area contributed by atoms with Gasteiger partial charge in [0, 0.05) is 57.1 Å². The Labute approximate surface area is 192 Å². The molecular formula is C25H28N4O2S. The van der Waals surface area contributed by atoms with Gasteiger partial charge < -0.3 is 9.64 Å². The zero-order chi connectivity index (χ0) is 21.8. The summed E-state index contributed by atoms with van der Waals surface area (Å²) in [6, 6.07) is 13.0. The van der Waals surface area contributed by atoms with E-state index in [9.17, 15) is 4.79 Å². The number of aromatic nitrogens is 1. The summed E-state index contributed by atoms with van der Waals surface area (Å²) in [5.74, 6) is 1.21. The predicted octanol–water partition coefficient (Wildman–Crippen LogP) is 3.60. The van der Waals surface area contributed by atoms with Gasteiger partial charge in [-0.15, -0.1) is 0 Å². The Balaban J connectivity index is 1.10. The van der Waals surface area contributed by atoms with E-state index in [2.05, 4.69) is 53.1 Å². The minimum atomic E-state index is -0.0450. The third-order valence-electron chi connectivity index (χ3n) is 7.09. The van der Waals surface area contributed by atoms with Crippen LogP contribution in [0, 0.1) is 6.92 Å². The van der Waals surface area contributed by atoms with Crippen molar-refractivity contribution >= 4 is 39.0 Å². The number of anilines is 2. The Morgan fingerprint density at radius 2 is 2.00 bits per heavy atom. The van der Waals surface area contributed by atoms with Gasteiger partial charge in [0.05, 0.1) is 4.70 Å². The van der Waals surface area contributed by atoms with Crippen LogP contribution in [0.5, 0.6) is 0 Å². The Morgan fingerprint density at radius 3 is 2.81 bits per heavy atom. The minimum Gasteiger partial charge on any atom is -0.353 e. The lowest BCUT2D eigenvalue weighted by Crippen LogP contribution is -2.47. The molecular weight excluding hydrogens is 420 g/mol. The predicted molar refractivity (Wildman–Crippen MR) is 129 cm³/mol. The molecule has 7 heteroatoms. The SMILES string of the molecule is CC(=O)N1c2cc(C)c(CCN3CCN(c4nsc5ccccc45)CC3)cc2CC2OC21. The molecule has 0 aliphatic carbocycles. The second kappa shape index (κ2) is 7.83. The van der Waals surface area contributed by atoms with Gasteiger partial charge in [-0.05, 0) is 59.8 Å². The molecule has 2 atom stereocenters. The molecule has 32 heavy (non-hydrogen) atoms. The first-order chi connectivity index (χ1) is 15.6. The number of aryl methyl sites for hydroxylation is 1. The molecule has 2 unspecified atom stereocenters. The summed E-state index contributed by atoms with van der Waals surface area (Å²) in [6.07, 6.45) is 2.08. The highest BCUT2D eigenvalue weighted by Crippen LogP contribution is 2.42. The monoisotopic (exact) mass is 448 g/mol. The fourth-order valence-corrected chi connectivity index (χ4v) is 6.02. The first-order valence-electron chi connectivity index (χ1n) is 11.5. The number of carbonyl (C=O) groups is 1. The van der Waals surface area contributed by atoms with E-state index in [0.29, 0.717) is 0 Å². The van der Waals surface area contributed by atoms with Crippen molar-refractivity contribution in [3.63, 3.8) is 0 Å². The summed E-state index contributed by atoms with van der Waals surface area (Å²) < 4.78 is 11.7. The van der Waals surface area contributed by atoms with Gasteiger partial charge in [0.2, 0.25) is 5.91 Å². The zero-order valence-corrected chi connectivity index (χ0v) is 19.4. The van der Waals surface area contributed by atoms with Crippen LogP contribution in [-0.4, -0.2) is 60.2 Å². The van der Waals surface area contributed by atoms with Crippen LogP contribution in [0.1, 0.15) is 23.6 Å². The number of hydrogen-bond acceptors (Lipinski definition) is 6. The smallest absolute Gasteiger partial charge is 0.226 e. The van der Waals surface area contributed by atoms with Gasteiger partial charge in [-0.1, -0.05) is 18.2 Å². The van der Waals surface area contributed by atoms with Gasteiger partial charge in [0.1, 0.15) is 11.9 Å². The number of piperazine rings is 1. The van der Waals surface area contributed by atoms with E-state index in [1.807, 2.05) is 4.90 Å². The largest absolute Gasteiger partial charge is 0.353 e. The molecule has 4 heterocycles. The van der Waals surface area contributed by atoms with E-state index >= 15 is 0 Å². The zero-order valence-electron chi connectivity index (χ0n) is 18.6. The van der Waals surface area contributed by atoms with Crippen LogP contribution in [-0.2, 0) is 22.4 Å². The van der Waals surface area contributed by atoms with E-state index < -0.39 is 0 Å². The number of rotatable bonds is 4. The van der Waals surface area contributed by atoms with Crippen LogP contribution < -0.4 is 9.80 Å². The maximum atomic E-state index is 12.1. The summed E-state index contributed by atoms with van der Waals surface area (Å²) >= 11 is 1.59. The van der Waals surface area contributed by atoms with Crippen LogP contribution >= 0.6 is 11.5 Å². The molecule has 0 radical (unpaired) electrons. The number of benzene rings is 2. The molecule has 1 aromatic heterocycles. The van der Waals surface area contributed by atoms with E-state index in [-0.39, 0.29) is 18.2 Å². The Morgan fingerprint density at radius 1 is 1.19 bits per heavy atom. The quantitative estimate of drug-likeness (QED) is 0.571. The van der Waals surface area contributed by atoms with Crippen molar-refractivity contribution in [3.05, 3.63) is 53.1 Å². The van der Waals surface area contributed by atoms with Crippen LogP contribution in [0.25, 0.3) is 10.1 Å². The summed E-state index contributed by atoms with van der Waals surface area (Å²) in [6.45, 7) is 9.02. The van der Waals surface area contributed by atoms with Crippen molar-refractivity contribution in [1.82, 2.24) is 9.27 Å². The number of ether oxygens (including phenoxy) is 1. The third kappa shape index (κ3) is 3.49. The Kier molecular flexibility index (Phi) is 4.93. The molecule has 2 saturated heterocycles. The lowest BCUT2D eigenvalue weighted by molar-refractivity contribution is -0.117. The molecule has 0 N–H and O–H groups in total. The number of nitrogens with zero attached hydrogens (tertiary/aromatic N) is 4. The van der Waals surface area contributed by atoms with E-state index in [1.54, 1.807) is 18.5 Å². The maximum Gasteiger partial charge on any atom is 0.226 e.